The first-order valence-electron chi connectivity index (χ1n) is 0. The Morgan fingerprint density at radius 3 is 0.571 bits per heavy atom. The molecule has 0 unspecified atom stereocenters. The molecule has 0 saturated heterocycles. The molecule has 0 aromatic heterocycles. The van der Waals surface area contributed by atoms with Crippen LogP contribution in [0.3, 0.4) is 0 Å². The van der Waals surface area contributed by atoms with E-state index in [1.165, 1.54) is 0 Å². The van der Waals surface area contributed by atoms with Gasteiger partial charge in [0.1, 0.15) is 0 Å². The van der Waals surface area contributed by atoms with Crippen molar-refractivity contribution in [3.63, 3.8) is 0 Å². The van der Waals surface area contributed by atoms with Crippen LogP contribution >= 0.6 is 0 Å². The summed E-state index contributed by atoms with van der Waals surface area (Å²) >= 11 is 0. The summed E-state index contributed by atoms with van der Waals surface area (Å²) in [5.41, 5.74) is 0. The second kappa shape index (κ2) is 2060. The molecule has 0 amide bonds. The van der Waals surface area contributed by atoms with Crippen LogP contribution in [0.1, 0.15) is 0 Å². The van der Waals surface area contributed by atoms with Gasteiger partial charge < -0.3 is 34.2 Å². The zero-order valence-corrected chi connectivity index (χ0v) is 4.99. The Kier molecular flexibility index (Phi) is 994000. The molecule has 6 nitrogen and oxygen atoms in total. The van der Waals surface area contributed by atoms with Crippen LogP contribution in [0.5, 0.6) is 0 Å². The molecule has 7 heavy (non-hydrogen) atoms. The van der Waals surface area contributed by atoms with Crippen molar-refractivity contribution in [1.29, 1.82) is 0 Å². The zero-order valence-electron chi connectivity index (χ0n) is 3.72. The van der Waals surface area contributed by atoms with Gasteiger partial charge in [-0.15, -0.1) is 0 Å². The molecule has 12 N–H and O–H groups in total. The maximum absolute atomic E-state index is 0. The molecular weight excluding hydrogens is 144 g/mol. The third-order valence-electron chi connectivity index (χ3n) is 0. The molecule has 0 aliphatic rings. The van der Waals surface area contributed by atoms with Crippen molar-refractivity contribution in [1.82, 2.24) is 12.3 Å². The van der Waals surface area contributed by atoms with Gasteiger partial charge in [0.15, 0.2) is 0 Å². The Morgan fingerprint density at radius 2 is 0.571 bits per heavy atom. The molecule has 0 aromatic rings. The van der Waals surface area contributed by atoms with Crippen LogP contribution in [-0.2, 0) is 17.4 Å². The predicted molar refractivity (Wildman–Crippen MR) is 21.1 cm³/mol. The van der Waals surface area contributed by atoms with Crippen molar-refractivity contribution >= 4 is 0 Å². The third-order valence-corrected chi connectivity index (χ3v) is 0. The molecule has 0 aromatic carbocycles. The quantitative estimate of drug-likeness (QED) is 0.422. The first kappa shape index (κ1) is 3380. The van der Waals surface area contributed by atoms with E-state index in [0.29, 0.717) is 0 Å². The minimum Gasteiger partial charge on any atom is -0.870 e. The van der Waals surface area contributed by atoms with Gasteiger partial charge in [-0.25, -0.2) is 0 Å². The van der Waals surface area contributed by atoms with Gasteiger partial charge in [0.25, 0.3) is 0 Å². The van der Waals surface area contributed by atoms with E-state index in [0.717, 1.165) is 0 Å². The van der Waals surface area contributed by atoms with Gasteiger partial charge >= 0.3 is 17.4 Å². The van der Waals surface area contributed by atoms with Gasteiger partial charge in [0, 0.05) is 0 Å². The van der Waals surface area contributed by atoms with Crippen LogP contribution in [-0.4, -0.2) is 21.9 Å². The molecule has 7 heteroatoms. The smallest absolute Gasteiger partial charge is 0.870 e. The summed E-state index contributed by atoms with van der Waals surface area (Å²) < 4.78 is 0. The average molecular weight is 156 g/mol. The van der Waals surface area contributed by atoms with Crippen molar-refractivity contribution in [2.24, 2.45) is 0 Å². The second-order valence-electron chi connectivity index (χ2n) is 0. The van der Waals surface area contributed by atoms with Crippen LogP contribution < -0.4 is 12.3 Å². The number of hydrogen-bond acceptors (Lipinski definition) is 4. The number of hydrogen-bond donors (Lipinski definition) is 2. The summed E-state index contributed by atoms with van der Waals surface area (Å²) in [6, 6.07) is 0. The average Bonchev–Trinajstić information content (AvgIpc) is 0. The van der Waals surface area contributed by atoms with E-state index < -0.39 is 0 Å². The van der Waals surface area contributed by atoms with Crippen molar-refractivity contribution in [2.75, 3.05) is 0 Å². The molecule has 0 aliphatic heterocycles. The van der Waals surface area contributed by atoms with Gasteiger partial charge in [0.2, 0.25) is 0 Å². The molecule has 0 heterocycles. The van der Waals surface area contributed by atoms with Gasteiger partial charge in [-0.3, -0.25) is 0 Å². The molecule has 0 bridgehead atoms. The standard InChI is InChI=1S/Cr.2H3N.4H2O/h;2*1H3;4*1H2/q+2;;;;;;/p-2. The Hall–Kier alpha value is 0.292. The van der Waals surface area contributed by atoms with Crippen molar-refractivity contribution in [3.8, 4) is 0 Å². The molecule has 0 atom stereocenters. The fourth-order valence-electron chi connectivity index (χ4n) is 0. The van der Waals surface area contributed by atoms with Gasteiger partial charge in [-0.2, -0.15) is 0 Å². The van der Waals surface area contributed by atoms with Crippen LogP contribution in [0.4, 0.5) is 0 Å². The molecule has 0 spiro atoms. The normalized spacial score (nSPS) is 0. The van der Waals surface area contributed by atoms with Crippen molar-refractivity contribution in [3.05, 3.63) is 0 Å². The minimum absolute atomic E-state index is 0. The SMILES string of the molecule is N.N.O.O.[Cr+2].[OH-].[OH-]. The fraction of sp³-hybridized carbons (Fsp3) is 0. The molecule has 0 rings (SSSR count). The zero-order chi connectivity index (χ0) is 0. The first-order chi connectivity index (χ1) is 0. The van der Waals surface area contributed by atoms with Gasteiger partial charge in [-0.05, 0) is 0 Å². The Labute approximate surface area is 52.4 Å². The van der Waals surface area contributed by atoms with Crippen molar-refractivity contribution in [2.45, 2.75) is 0 Å². The summed E-state index contributed by atoms with van der Waals surface area (Å²) in [5, 5.41) is 0. The fourth-order valence-corrected chi connectivity index (χ4v) is 0. The molecule has 52 valence electrons. The van der Waals surface area contributed by atoms with E-state index >= 15 is 0 Å². The monoisotopic (exact) mass is 156 g/mol. The second-order valence-corrected chi connectivity index (χ2v) is 0. The molecular formula is H12CrN2O4. The maximum atomic E-state index is 0. The van der Waals surface area contributed by atoms with Gasteiger partial charge in [0.05, 0.1) is 0 Å². The molecule has 0 aliphatic carbocycles. The summed E-state index contributed by atoms with van der Waals surface area (Å²) in [4.78, 5) is 0. The summed E-state index contributed by atoms with van der Waals surface area (Å²) in [5.74, 6) is 0. The van der Waals surface area contributed by atoms with E-state index in [-0.39, 0.29) is 51.6 Å². The third kappa shape index (κ3) is 1360. The van der Waals surface area contributed by atoms with E-state index in [1.807, 2.05) is 0 Å². The largest absolute Gasteiger partial charge is 2.00 e. The summed E-state index contributed by atoms with van der Waals surface area (Å²) in [6.45, 7) is 0. The summed E-state index contributed by atoms with van der Waals surface area (Å²) in [7, 11) is 0. The van der Waals surface area contributed by atoms with Crippen LogP contribution in [0.15, 0.2) is 0 Å². The van der Waals surface area contributed by atoms with Crippen LogP contribution in [0.2, 0.25) is 0 Å². The summed E-state index contributed by atoms with van der Waals surface area (Å²) in [6.07, 6.45) is 0. The van der Waals surface area contributed by atoms with E-state index in [2.05, 4.69) is 0 Å². The van der Waals surface area contributed by atoms with E-state index in [9.17, 15) is 0 Å². The minimum atomic E-state index is 0. The van der Waals surface area contributed by atoms with Gasteiger partial charge in [-0.1, -0.05) is 0 Å². The Bertz CT molecular complexity index is 9.65. The topological polar surface area (TPSA) is 193 Å². The van der Waals surface area contributed by atoms with Crippen LogP contribution in [0.25, 0.3) is 0 Å². The molecule has 0 fully saturated rings. The predicted octanol–water partition coefficient (Wildman–Crippen LogP) is -1.68. The Balaban J connectivity index is 0. The first-order valence-corrected chi connectivity index (χ1v) is 0. The Morgan fingerprint density at radius 1 is 0.571 bits per heavy atom. The molecule has 0 radical (unpaired) electrons. The molecule has 0 saturated carbocycles. The number of rotatable bonds is 0. The van der Waals surface area contributed by atoms with Crippen LogP contribution in [0, 0.1) is 0 Å². The van der Waals surface area contributed by atoms with E-state index in [1.54, 1.807) is 0 Å². The maximum Gasteiger partial charge on any atom is 2.00 e. The van der Waals surface area contributed by atoms with Crippen molar-refractivity contribution < 1.29 is 39.3 Å². The van der Waals surface area contributed by atoms with E-state index in [4.69, 9.17) is 0 Å².